The van der Waals surface area contributed by atoms with Crippen LogP contribution in [-0.2, 0) is 11.3 Å². The van der Waals surface area contributed by atoms with Crippen LogP contribution in [0.5, 0.6) is 0 Å². The van der Waals surface area contributed by atoms with E-state index in [-0.39, 0.29) is 5.91 Å². The molecule has 1 heterocycles. The zero-order chi connectivity index (χ0) is 13.5. The Hall–Kier alpha value is -1.84. The lowest BCUT2D eigenvalue weighted by Gasteiger charge is -2.11. The molecule has 0 saturated carbocycles. The average molecular weight is 247 g/mol. The molecule has 0 aliphatic carbocycles. The standard InChI is InChI=1S/C14H21N3O/c1-5-6-11(2)14(18)16-10-12-7-8-13(15-9-12)17(3)4/h6-9H,5,10H2,1-4H3,(H,16,18). The number of nitrogens with one attached hydrogen (secondary N) is 1. The lowest BCUT2D eigenvalue weighted by atomic mass is 10.2. The molecule has 1 aromatic rings. The Morgan fingerprint density at radius 1 is 1.44 bits per heavy atom. The maximum Gasteiger partial charge on any atom is 0.246 e. The van der Waals surface area contributed by atoms with E-state index >= 15 is 0 Å². The molecule has 0 atom stereocenters. The largest absolute Gasteiger partial charge is 0.363 e. The number of anilines is 1. The van der Waals surface area contributed by atoms with E-state index in [1.165, 1.54) is 0 Å². The van der Waals surface area contributed by atoms with Gasteiger partial charge in [-0.1, -0.05) is 19.1 Å². The minimum Gasteiger partial charge on any atom is -0.363 e. The van der Waals surface area contributed by atoms with E-state index < -0.39 is 0 Å². The topological polar surface area (TPSA) is 45.2 Å². The van der Waals surface area contributed by atoms with Gasteiger partial charge in [-0.2, -0.15) is 0 Å². The molecule has 0 aromatic carbocycles. The number of hydrogen-bond donors (Lipinski definition) is 1. The molecular formula is C14H21N3O. The van der Waals surface area contributed by atoms with E-state index in [1.807, 2.05) is 51.1 Å². The third kappa shape index (κ3) is 4.20. The fourth-order valence-corrected chi connectivity index (χ4v) is 1.51. The van der Waals surface area contributed by atoms with Crippen LogP contribution in [0.1, 0.15) is 25.8 Å². The van der Waals surface area contributed by atoms with Crippen LogP contribution >= 0.6 is 0 Å². The van der Waals surface area contributed by atoms with Gasteiger partial charge in [-0.15, -0.1) is 0 Å². The van der Waals surface area contributed by atoms with E-state index in [4.69, 9.17) is 0 Å². The summed E-state index contributed by atoms with van der Waals surface area (Å²) in [6.45, 7) is 4.35. The molecule has 1 amide bonds. The summed E-state index contributed by atoms with van der Waals surface area (Å²) in [5.74, 6) is 0.890. The highest BCUT2D eigenvalue weighted by atomic mass is 16.1. The van der Waals surface area contributed by atoms with Crippen molar-refractivity contribution in [3.8, 4) is 0 Å². The number of allylic oxidation sites excluding steroid dienone is 1. The monoisotopic (exact) mass is 247 g/mol. The van der Waals surface area contributed by atoms with Crippen molar-refractivity contribution in [1.29, 1.82) is 0 Å². The molecule has 98 valence electrons. The van der Waals surface area contributed by atoms with Gasteiger partial charge in [-0.05, 0) is 25.0 Å². The van der Waals surface area contributed by atoms with E-state index in [1.54, 1.807) is 6.20 Å². The minimum absolute atomic E-state index is 0.0199. The minimum atomic E-state index is -0.0199. The molecule has 0 saturated heterocycles. The Labute approximate surface area is 109 Å². The summed E-state index contributed by atoms with van der Waals surface area (Å²) in [4.78, 5) is 17.9. The van der Waals surface area contributed by atoms with Gasteiger partial charge in [0.2, 0.25) is 5.91 Å². The number of carbonyl (C=O) groups is 1. The first-order chi connectivity index (χ1) is 8.54. The number of carbonyl (C=O) groups excluding carboxylic acids is 1. The van der Waals surface area contributed by atoms with E-state index in [2.05, 4.69) is 10.3 Å². The van der Waals surface area contributed by atoms with Gasteiger partial charge in [0.15, 0.2) is 0 Å². The van der Waals surface area contributed by atoms with Gasteiger partial charge in [0, 0.05) is 32.4 Å². The molecule has 0 unspecified atom stereocenters. The van der Waals surface area contributed by atoms with Gasteiger partial charge in [0.1, 0.15) is 5.82 Å². The van der Waals surface area contributed by atoms with Crippen molar-refractivity contribution in [2.45, 2.75) is 26.8 Å². The van der Waals surface area contributed by atoms with Crippen LogP contribution in [0, 0.1) is 0 Å². The molecule has 1 N–H and O–H groups in total. The second-order valence-corrected chi connectivity index (χ2v) is 4.40. The van der Waals surface area contributed by atoms with Crippen molar-refractivity contribution in [2.75, 3.05) is 19.0 Å². The zero-order valence-corrected chi connectivity index (χ0v) is 11.5. The van der Waals surface area contributed by atoms with Gasteiger partial charge in [0.05, 0.1) is 0 Å². The lowest BCUT2D eigenvalue weighted by Crippen LogP contribution is -2.23. The van der Waals surface area contributed by atoms with Crippen molar-refractivity contribution in [3.05, 3.63) is 35.5 Å². The molecule has 0 aliphatic heterocycles. The molecule has 0 spiro atoms. The highest BCUT2D eigenvalue weighted by Gasteiger charge is 2.03. The van der Waals surface area contributed by atoms with E-state index in [0.717, 1.165) is 23.4 Å². The zero-order valence-electron chi connectivity index (χ0n) is 11.5. The summed E-state index contributed by atoms with van der Waals surface area (Å²) in [5, 5.41) is 2.87. The van der Waals surface area contributed by atoms with Crippen LogP contribution < -0.4 is 10.2 Å². The molecule has 0 aliphatic rings. The van der Waals surface area contributed by atoms with Crippen molar-refractivity contribution < 1.29 is 4.79 Å². The molecule has 1 aromatic heterocycles. The van der Waals surface area contributed by atoms with Crippen LogP contribution in [0.4, 0.5) is 5.82 Å². The van der Waals surface area contributed by atoms with Crippen LogP contribution in [-0.4, -0.2) is 25.0 Å². The summed E-state index contributed by atoms with van der Waals surface area (Å²) in [6, 6.07) is 3.91. The Morgan fingerprint density at radius 2 is 2.17 bits per heavy atom. The molecule has 4 nitrogen and oxygen atoms in total. The second-order valence-electron chi connectivity index (χ2n) is 4.40. The quantitative estimate of drug-likeness (QED) is 0.811. The normalized spacial score (nSPS) is 11.2. The second kappa shape index (κ2) is 6.79. The molecule has 4 heteroatoms. The summed E-state index contributed by atoms with van der Waals surface area (Å²) >= 11 is 0. The number of rotatable bonds is 5. The first-order valence-electron chi connectivity index (χ1n) is 6.11. The summed E-state index contributed by atoms with van der Waals surface area (Å²) in [5.41, 5.74) is 1.76. The van der Waals surface area contributed by atoms with Gasteiger partial charge < -0.3 is 10.2 Å². The predicted octanol–water partition coefficient (Wildman–Crippen LogP) is 2.12. The maximum absolute atomic E-state index is 11.7. The van der Waals surface area contributed by atoms with Gasteiger partial charge in [-0.25, -0.2) is 4.98 Å². The molecule has 0 bridgehead atoms. The third-order valence-electron chi connectivity index (χ3n) is 2.59. The van der Waals surface area contributed by atoms with Crippen molar-refractivity contribution in [2.24, 2.45) is 0 Å². The number of nitrogens with zero attached hydrogens (tertiary/aromatic N) is 2. The molecule has 0 fully saturated rings. The number of hydrogen-bond acceptors (Lipinski definition) is 3. The molecule has 1 rings (SSSR count). The Morgan fingerprint density at radius 3 is 2.67 bits per heavy atom. The Bertz CT molecular complexity index is 421. The number of aromatic nitrogens is 1. The fourth-order valence-electron chi connectivity index (χ4n) is 1.51. The van der Waals surface area contributed by atoms with Crippen LogP contribution in [0.25, 0.3) is 0 Å². The van der Waals surface area contributed by atoms with Crippen molar-refractivity contribution in [3.63, 3.8) is 0 Å². The van der Waals surface area contributed by atoms with Crippen molar-refractivity contribution in [1.82, 2.24) is 10.3 Å². The van der Waals surface area contributed by atoms with E-state index in [0.29, 0.717) is 6.54 Å². The first-order valence-corrected chi connectivity index (χ1v) is 6.11. The SMILES string of the molecule is CCC=C(C)C(=O)NCc1ccc(N(C)C)nc1. The van der Waals surface area contributed by atoms with Gasteiger partial charge in [0.25, 0.3) is 0 Å². The lowest BCUT2D eigenvalue weighted by molar-refractivity contribution is -0.117. The molecular weight excluding hydrogens is 226 g/mol. The highest BCUT2D eigenvalue weighted by molar-refractivity contribution is 5.92. The van der Waals surface area contributed by atoms with Gasteiger partial charge >= 0.3 is 0 Å². The predicted molar refractivity (Wildman–Crippen MR) is 74.5 cm³/mol. The summed E-state index contributed by atoms with van der Waals surface area (Å²) in [7, 11) is 3.89. The summed E-state index contributed by atoms with van der Waals surface area (Å²) in [6.07, 6.45) is 4.58. The van der Waals surface area contributed by atoms with Crippen molar-refractivity contribution >= 4 is 11.7 Å². The smallest absolute Gasteiger partial charge is 0.246 e. The third-order valence-corrected chi connectivity index (χ3v) is 2.59. The fraction of sp³-hybridized carbons (Fsp3) is 0.429. The van der Waals surface area contributed by atoms with Gasteiger partial charge in [-0.3, -0.25) is 4.79 Å². The maximum atomic E-state index is 11.7. The average Bonchev–Trinajstić information content (AvgIpc) is 2.36. The van der Waals surface area contributed by atoms with Crippen LogP contribution in [0.2, 0.25) is 0 Å². The highest BCUT2D eigenvalue weighted by Crippen LogP contribution is 2.07. The molecule has 0 radical (unpaired) electrons. The summed E-state index contributed by atoms with van der Waals surface area (Å²) < 4.78 is 0. The van der Waals surface area contributed by atoms with Crippen LogP contribution in [0.15, 0.2) is 30.0 Å². The Kier molecular flexibility index (Phi) is 5.36. The Balaban J connectivity index is 2.54. The number of pyridine rings is 1. The molecule has 18 heavy (non-hydrogen) atoms. The van der Waals surface area contributed by atoms with E-state index in [9.17, 15) is 4.79 Å². The van der Waals surface area contributed by atoms with Crippen LogP contribution in [0.3, 0.4) is 0 Å². The first kappa shape index (κ1) is 14.2. The number of amides is 1.